The molecule has 0 aliphatic rings. The molecular formula is C24H17N7O. The highest BCUT2D eigenvalue weighted by molar-refractivity contribution is 5.97. The molecule has 5 aromatic heterocycles. The monoisotopic (exact) mass is 419 g/mol. The van der Waals surface area contributed by atoms with E-state index in [0.29, 0.717) is 17.2 Å². The van der Waals surface area contributed by atoms with E-state index < -0.39 is 0 Å². The molecule has 0 atom stereocenters. The van der Waals surface area contributed by atoms with Gasteiger partial charge in [-0.3, -0.25) is 15.1 Å². The van der Waals surface area contributed by atoms with Crippen LogP contribution in [0, 0.1) is 0 Å². The lowest BCUT2D eigenvalue weighted by atomic mass is 10.0. The first-order valence-electron chi connectivity index (χ1n) is 10.0. The second-order valence-electron chi connectivity index (χ2n) is 7.33. The minimum absolute atomic E-state index is 0.649. The maximum Gasteiger partial charge on any atom is 0.160 e. The van der Waals surface area contributed by atoms with Gasteiger partial charge in [0, 0.05) is 46.9 Å². The summed E-state index contributed by atoms with van der Waals surface area (Å²) < 4.78 is 5.32. The molecule has 1 aromatic carbocycles. The van der Waals surface area contributed by atoms with E-state index >= 15 is 0 Å². The molecule has 0 fully saturated rings. The van der Waals surface area contributed by atoms with Gasteiger partial charge >= 0.3 is 0 Å². The molecule has 154 valence electrons. The fraction of sp³-hybridized carbons (Fsp3) is 0.0417. The van der Waals surface area contributed by atoms with Gasteiger partial charge in [-0.05, 0) is 35.9 Å². The third-order valence-corrected chi connectivity index (χ3v) is 5.43. The summed E-state index contributed by atoms with van der Waals surface area (Å²) in [5.74, 6) is 1.36. The standard InChI is InChI=1S/C24H17N7O/c1-32-17-9-16(12-26-13-17)14-4-5-20-19(10-14)22(31-30-20)24-28-21-18(6-8-27-23(21)29-24)15-3-2-7-25-11-15/h2-13H,1H3,(H,30,31)(H,27,28,29). The van der Waals surface area contributed by atoms with Crippen LogP contribution in [0.4, 0.5) is 0 Å². The molecule has 0 saturated carbocycles. The molecule has 0 bridgehead atoms. The topological polar surface area (TPSA) is 105 Å². The number of hydrogen-bond acceptors (Lipinski definition) is 6. The number of rotatable bonds is 4. The molecule has 0 spiro atoms. The zero-order chi connectivity index (χ0) is 21.5. The van der Waals surface area contributed by atoms with Crippen molar-refractivity contribution in [2.24, 2.45) is 0 Å². The number of pyridine rings is 3. The van der Waals surface area contributed by atoms with Gasteiger partial charge < -0.3 is 9.72 Å². The maximum atomic E-state index is 5.32. The maximum absolute atomic E-state index is 5.32. The second kappa shape index (κ2) is 7.28. The largest absolute Gasteiger partial charge is 0.495 e. The lowest BCUT2D eigenvalue weighted by molar-refractivity contribution is 0.413. The molecule has 8 nitrogen and oxygen atoms in total. The van der Waals surface area contributed by atoms with Gasteiger partial charge in [-0.2, -0.15) is 5.10 Å². The predicted octanol–water partition coefficient (Wildman–Crippen LogP) is 4.63. The van der Waals surface area contributed by atoms with E-state index in [9.17, 15) is 0 Å². The van der Waals surface area contributed by atoms with Crippen molar-refractivity contribution in [2.75, 3.05) is 7.11 Å². The van der Waals surface area contributed by atoms with Gasteiger partial charge in [0.1, 0.15) is 17.0 Å². The first-order valence-corrected chi connectivity index (χ1v) is 10.0. The molecule has 8 heteroatoms. The Morgan fingerprint density at radius 3 is 2.69 bits per heavy atom. The average Bonchev–Trinajstić information content (AvgIpc) is 3.48. The molecule has 0 saturated heterocycles. The van der Waals surface area contributed by atoms with Gasteiger partial charge in [0.25, 0.3) is 0 Å². The summed E-state index contributed by atoms with van der Waals surface area (Å²) in [6.07, 6.45) is 8.84. The Morgan fingerprint density at radius 2 is 1.81 bits per heavy atom. The summed E-state index contributed by atoms with van der Waals surface area (Å²) in [7, 11) is 1.63. The minimum Gasteiger partial charge on any atom is -0.495 e. The van der Waals surface area contributed by atoms with Crippen LogP contribution in [0.25, 0.3) is 55.8 Å². The van der Waals surface area contributed by atoms with Crippen molar-refractivity contribution in [1.82, 2.24) is 35.1 Å². The van der Waals surface area contributed by atoms with Gasteiger partial charge in [-0.25, -0.2) is 9.97 Å². The van der Waals surface area contributed by atoms with Crippen molar-refractivity contribution in [2.45, 2.75) is 0 Å². The van der Waals surface area contributed by atoms with Crippen LogP contribution in [-0.2, 0) is 0 Å². The van der Waals surface area contributed by atoms with Crippen LogP contribution in [-0.4, -0.2) is 42.2 Å². The van der Waals surface area contributed by atoms with Crippen molar-refractivity contribution in [3.8, 4) is 39.5 Å². The van der Waals surface area contributed by atoms with E-state index in [-0.39, 0.29) is 0 Å². The fourth-order valence-corrected chi connectivity index (χ4v) is 3.84. The van der Waals surface area contributed by atoms with Crippen molar-refractivity contribution in [3.63, 3.8) is 0 Å². The van der Waals surface area contributed by atoms with Gasteiger partial charge in [0.2, 0.25) is 0 Å². The van der Waals surface area contributed by atoms with Crippen molar-refractivity contribution in [1.29, 1.82) is 0 Å². The normalized spacial score (nSPS) is 11.3. The third-order valence-electron chi connectivity index (χ3n) is 5.43. The van der Waals surface area contributed by atoms with E-state index in [1.54, 1.807) is 25.7 Å². The average molecular weight is 419 g/mol. The van der Waals surface area contributed by atoms with E-state index in [4.69, 9.17) is 9.72 Å². The Bertz CT molecular complexity index is 1570. The molecule has 5 heterocycles. The molecule has 6 aromatic rings. The van der Waals surface area contributed by atoms with Gasteiger partial charge in [-0.15, -0.1) is 0 Å². The number of methoxy groups -OCH3 is 1. The zero-order valence-electron chi connectivity index (χ0n) is 17.1. The summed E-state index contributed by atoms with van der Waals surface area (Å²) in [4.78, 5) is 21.1. The Balaban J connectivity index is 1.50. The number of imidazole rings is 1. The third kappa shape index (κ3) is 2.97. The fourth-order valence-electron chi connectivity index (χ4n) is 3.84. The van der Waals surface area contributed by atoms with Crippen LogP contribution >= 0.6 is 0 Å². The SMILES string of the molecule is COc1cncc(-c2ccc3[nH]nc(-c4nc5c(-c6cccnc6)ccnc5[nH]4)c3c2)c1. The van der Waals surface area contributed by atoms with Crippen LogP contribution in [0.15, 0.2) is 73.4 Å². The molecule has 32 heavy (non-hydrogen) atoms. The van der Waals surface area contributed by atoms with Crippen LogP contribution in [0.1, 0.15) is 0 Å². The Labute approximate surface area is 182 Å². The summed E-state index contributed by atoms with van der Waals surface area (Å²) in [5.41, 5.74) is 7.05. The highest BCUT2D eigenvalue weighted by Gasteiger charge is 2.16. The molecule has 0 radical (unpaired) electrons. The molecule has 0 unspecified atom stereocenters. The van der Waals surface area contributed by atoms with E-state index in [1.807, 2.05) is 48.8 Å². The van der Waals surface area contributed by atoms with Crippen molar-refractivity contribution >= 4 is 22.1 Å². The molecule has 0 aliphatic heterocycles. The number of fused-ring (bicyclic) bond motifs is 2. The Kier molecular flexibility index (Phi) is 4.14. The Morgan fingerprint density at radius 1 is 0.875 bits per heavy atom. The van der Waals surface area contributed by atoms with E-state index in [2.05, 4.69) is 36.2 Å². The van der Waals surface area contributed by atoms with Gasteiger partial charge in [-0.1, -0.05) is 12.1 Å². The number of aromatic amines is 2. The smallest absolute Gasteiger partial charge is 0.160 e. The summed E-state index contributed by atoms with van der Waals surface area (Å²) >= 11 is 0. The summed E-state index contributed by atoms with van der Waals surface area (Å²) in [6, 6.07) is 13.9. The zero-order valence-corrected chi connectivity index (χ0v) is 17.1. The van der Waals surface area contributed by atoms with Crippen LogP contribution in [0.2, 0.25) is 0 Å². The highest BCUT2D eigenvalue weighted by Crippen LogP contribution is 2.32. The Hall–Kier alpha value is -4.59. The minimum atomic E-state index is 0.649. The first kappa shape index (κ1) is 18.2. The van der Waals surface area contributed by atoms with Crippen LogP contribution in [0.3, 0.4) is 0 Å². The van der Waals surface area contributed by atoms with Gasteiger partial charge in [0.15, 0.2) is 11.5 Å². The molecule has 0 aliphatic carbocycles. The van der Waals surface area contributed by atoms with E-state index in [0.717, 1.165) is 44.4 Å². The second-order valence-corrected chi connectivity index (χ2v) is 7.33. The molecule has 6 rings (SSSR count). The number of nitrogens with one attached hydrogen (secondary N) is 2. The number of ether oxygens (including phenoxy) is 1. The van der Waals surface area contributed by atoms with Gasteiger partial charge in [0.05, 0.1) is 18.8 Å². The number of nitrogens with zero attached hydrogens (tertiary/aromatic N) is 5. The van der Waals surface area contributed by atoms with E-state index in [1.165, 1.54) is 0 Å². The predicted molar refractivity (Wildman–Crippen MR) is 122 cm³/mol. The number of benzene rings is 1. The lowest BCUT2D eigenvalue weighted by Crippen LogP contribution is -1.86. The number of hydrogen-bond donors (Lipinski definition) is 2. The number of aromatic nitrogens is 7. The van der Waals surface area contributed by atoms with Crippen molar-refractivity contribution in [3.05, 3.63) is 73.4 Å². The molecular weight excluding hydrogens is 402 g/mol. The summed E-state index contributed by atoms with van der Waals surface area (Å²) in [6.45, 7) is 0. The molecule has 0 amide bonds. The van der Waals surface area contributed by atoms with Crippen LogP contribution < -0.4 is 4.74 Å². The van der Waals surface area contributed by atoms with Crippen LogP contribution in [0.5, 0.6) is 5.75 Å². The van der Waals surface area contributed by atoms with Crippen molar-refractivity contribution < 1.29 is 4.74 Å². The quantitative estimate of drug-likeness (QED) is 0.431. The molecule has 2 N–H and O–H groups in total. The first-order chi connectivity index (χ1) is 15.8. The highest BCUT2D eigenvalue weighted by atomic mass is 16.5. The number of H-pyrrole nitrogens is 2. The summed E-state index contributed by atoms with van der Waals surface area (Å²) in [5, 5.41) is 8.58. The lowest BCUT2D eigenvalue weighted by Gasteiger charge is -2.04.